The van der Waals surface area contributed by atoms with Gasteiger partial charge in [-0.3, -0.25) is 4.79 Å². The summed E-state index contributed by atoms with van der Waals surface area (Å²) in [4.78, 5) is 16.9. The Hall–Kier alpha value is -1.75. The fourth-order valence-electron chi connectivity index (χ4n) is 3.69. The maximum atomic E-state index is 12.6. The highest BCUT2D eigenvalue weighted by atomic mass is 16.5. The van der Waals surface area contributed by atoms with Crippen LogP contribution in [0.15, 0.2) is 24.3 Å². The van der Waals surface area contributed by atoms with Crippen molar-refractivity contribution in [1.29, 1.82) is 0 Å². The highest BCUT2D eigenvalue weighted by Crippen LogP contribution is 2.30. The van der Waals surface area contributed by atoms with Gasteiger partial charge in [-0.15, -0.1) is 0 Å². The quantitative estimate of drug-likeness (QED) is 0.921. The molecule has 5 nitrogen and oxygen atoms in total. The van der Waals surface area contributed by atoms with Gasteiger partial charge in [-0.25, -0.2) is 0 Å². The minimum absolute atomic E-state index is 0.0391. The Balaban J connectivity index is 1.61. The number of ether oxygens (including phenoxy) is 1. The molecule has 1 saturated carbocycles. The zero-order chi connectivity index (χ0) is 16.2. The van der Waals surface area contributed by atoms with Gasteiger partial charge in [0.1, 0.15) is 5.75 Å². The van der Waals surface area contributed by atoms with Gasteiger partial charge in [0.05, 0.1) is 18.2 Å². The van der Waals surface area contributed by atoms with Crippen LogP contribution in [-0.2, 0) is 4.79 Å². The summed E-state index contributed by atoms with van der Waals surface area (Å²) in [7, 11) is 0. The van der Waals surface area contributed by atoms with Crippen LogP contribution in [0.1, 0.15) is 26.2 Å². The van der Waals surface area contributed by atoms with Gasteiger partial charge in [0.15, 0.2) is 0 Å². The van der Waals surface area contributed by atoms with Crippen LogP contribution < -0.4 is 15.4 Å². The van der Waals surface area contributed by atoms with E-state index in [1.165, 1.54) is 0 Å². The van der Waals surface area contributed by atoms with Crippen LogP contribution in [0, 0.1) is 5.92 Å². The molecule has 2 N–H and O–H groups in total. The SMILES string of the molecule is CCOc1ccccc1N1CCN(C(=O)[C@@H]2CCC[C@H]2N)CC1. The average Bonchev–Trinajstić information content (AvgIpc) is 3.01. The Labute approximate surface area is 138 Å². The lowest BCUT2D eigenvalue weighted by atomic mass is 10.0. The van der Waals surface area contributed by atoms with Crippen LogP contribution in [0.3, 0.4) is 0 Å². The molecule has 1 heterocycles. The number of carbonyl (C=O) groups is 1. The van der Waals surface area contributed by atoms with Gasteiger partial charge in [-0.1, -0.05) is 18.6 Å². The Bertz CT molecular complexity index is 541. The molecule has 1 amide bonds. The van der Waals surface area contributed by atoms with E-state index in [4.69, 9.17) is 10.5 Å². The van der Waals surface area contributed by atoms with E-state index in [0.717, 1.165) is 56.9 Å². The molecule has 2 fully saturated rings. The van der Waals surface area contributed by atoms with E-state index in [2.05, 4.69) is 11.0 Å². The molecular formula is C18H27N3O2. The van der Waals surface area contributed by atoms with Crippen molar-refractivity contribution in [2.24, 2.45) is 11.7 Å². The van der Waals surface area contributed by atoms with E-state index in [0.29, 0.717) is 6.61 Å². The minimum atomic E-state index is 0.0391. The van der Waals surface area contributed by atoms with Crippen LogP contribution in [-0.4, -0.2) is 49.6 Å². The van der Waals surface area contributed by atoms with E-state index < -0.39 is 0 Å². The molecule has 0 unspecified atom stereocenters. The molecule has 1 aliphatic heterocycles. The zero-order valence-corrected chi connectivity index (χ0v) is 13.9. The summed E-state index contributed by atoms with van der Waals surface area (Å²) in [5, 5.41) is 0. The molecule has 1 aromatic rings. The van der Waals surface area contributed by atoms with E-state index in [1.54, 1.807) is 0 Å². The van der Waals surface area contributed by atoms with Crippen molar-refractivity contribution in [3.63, 3.8) is 0 Å². The van der Waals surface area contributed by atoms with Gasteiger partial charge in [0, 0.05) is 32.2 Å². The highest BCUT2D eigenvalue weighted by molar-refractivity contribution is 5.80. The van der Waals surface area contributed by atoms with Crippen molar-refractivity contribution in [2.45, 2.75) is 32.2 Å². The fourth-order valence-corrected chi connectivity index (χ4v) is 3.69. The number of hydrogen-bond donors (Lipinski definition) is 1. The Morgan fingerprint density at radius 2 is 1.96 bits per heavy atom. The predicted molar refractivity (Wildman–Crippen MR) is 91.7 cm³/mol. The summed E-state index contributed by atoms with van der Waals surface area (Å²) >= 11 is 0. The van der Waals surface area contributed by atoms with Gasteiger partial charge in [0.2, 0.25) is 5.91 Å². The molecule has 0 aromatic heterocycles. The Kier molecular flexibility index (Phi) is 5.06. The maximum absolute atomic E-state index is 12.6. The monoisotopic (exact) mass is 317 g/mol. The van der Waals surface area contributed by atoms with E-state index in [9.17, 15) is 4.79 Å². The molecule has 1 aliphatic carbocycles. The summed E-state index contributed by atoms with van der Waals surface area (Å²) in [6, 6.07) is 8.19. The lowest BCUT2D eigenvalue weighted by Gasteiger charge is -2.38. The largest absolute Gasteiger partial charge is 0.492 e. The van der Waals surface area contributed by atoms with Crippen molar-refractivity contribution in [3.05, 3.63) is 24.3 Å². The molecule has 0 radical (unpaired) electrons. The van der Waals surface area contributed by atoms with Crippen LogP contribution >= 0.6 is 0 Å². The molecule has 0 bridgehead atoms. The summed E-state index contributed by atoms with van der Waals surface area (Å²) in [6.45, 7) is 5.88. The summed E-state index contributed by atoms with van der Waals surface area (Å²) in [6.07, 6.45) is 3.02. The first-order valence-corrected chi connectivity index (χ1v) is 8.72. The van der Waals surface area contributed by atoms with Gasteiger partial charge in [0.25, 0.3) is 0 Å². The number of hydrogen-bond acceptors (Lipinski definition) is 4. The first-order chi connectivity index (χ1) is 11.2. The molecule has 2 atom stereocenters. The molecule has 1 saturated heterocycles. The number of carbonyl (C=O) groups excluding carboxylic acids is 1. The van der Waals surface area contributed by atoms with Crippen molar-refractivity contribution in [3.8, 4) is 5.75 Å². The second-order valence-corrected chi connectivity index (χ2v) is 6.41. The van der Waals surface area contributed by atoms with E-state index in [1.807, 2.05) is 30.0 Å². The number of benzene rings is 1. The van der Waals surface area contributed by atoms with E-state index in [-0.39, 0.29) is 17.9 Å². The molecule has 5 heteroatoms. The number of amides is 1. The highest BCUT2D eigenvalue weighted by Gasteiger charge is 2.34. The first kappa shape index (κ1) is 16.1. The summed E-state index contributed by atoms with van der Waals surface area (Å²) in [5.74, 6) is 1.22. The zero-order valence-electron chi connectivity index (χ0n) is 13.9. The molecule has 1 aromatic carbocycles. The second-order valence-electron chi connectivity index (χ2n) is 6.41. The van der Waals surface area contributed by atoms with Crippen molar-refractivity contribution in [1.82, 2.24) is 4.90 Å². The van der Waals surface area contributed by atoms with Crippen molar-refractivity contribution >= 4 is 11.6 Å². The smallest absolute Gasteiger partial charge is 0.227 e. The average molecular weight is 317 g/mol. The Morgan fingerprint density at radius 3 is 2.61 bits per heavy atom. The van der Waals surface area contributed by atoms with Crippen molar-refractivity contribution in [2.75, 3.05) is 37.7 Å². The first-order valence-electron chi connectivity index (χ1n) is 8.72. The fraction of sp³-hybridized carbons (Fsp3) is 0.611. The number of anilines is 1. The topological polar surface area (TPSA) is 58.8 Å². The third kappa shape index (κ3) is 3.44. The number of nitrogens with two attached hydrogens (primary N) is 1. The van der Waals surface area contributed by atoms with Crippen LogP contribution in [0.4, 0.5) is 5.69 Å². The van der Waals surface area contributed by atoms with Crippen LogP contribution in [0.5, 0.6) is 5.75 Å². The van der Waals surface area contributed by atoms with Gasteiger partial charge in [-0.05, 0) is 31.9 Å². The van der Waals surface area contributed by atoms with Gasteiger partial charge in [-0.2, -0.15) is 0 Å². The minimum Gasteiger partial charge on any atom is -0.492 e. The normalized spacial score (nSPS) is 24.8. The molecule has 126 valence electrons. The summed E-state index contributed by atoms with van der Waals surface area (Å²) in [5.41, 5.74) is 7.21. The lowest BCUT2D eigenvalue weighted by Crippen LogP contribution is -2.52. The third-order valence-electron chi connectivity index (χ3n) is 4.98. The second kappa shape index (κ2) is 7.21. The van der Waals surface area contributed by atoms with Crippen LogP contribution in [0.25, 0.3) is 0 Å². The van der Waals surface area contributed by atoms with Gasteiger partial charge < -0.3 is 20.3 Å². The third-order valence-corrected chi connectivity index (χ3v) is 4.98. The summed E-state index contributed by atoms with van der Waals surface area (Å²) < 4.78 is 5.72. The van der Waals surface area contributed by atoms with E-state index >= 15 is 0 Å². The predicted octanol–water partition coefficient (Wildman–Crippen LogP) is 1.86. The number of nitrogens with zero attached hydrogens (tertiary/aromatic N) is 2. The number of piperazine rings is 1. The Morgan fingerprint density at radius 1 is 1.22 bits per heavy atom. The van der Waals surface area contributed by atoms with Crippen LogP contribution in [0.2, 0.25) is 0 Å². The van der Waals surface area contributed by atoms with Crippen molar-refractivity contribution < 1.29 is 9.53 Å². The number of para-hydroxylation sites is 2. The molecule has 0 spiro atoms. The number of rotatable bonds is 4. The molecule has 3 rings (SSSR count). The molecule has 2 aliphatic rings. The lowest BCUT2D eigenvalue weighted by molar-refractivity contribution is -0.136. The molecular weight excluding hydrogens is 290 g/mol. The van der Waals surface area contributed by atoms with Gasteiger partial charge >= 0.3 is 0 Å². The maximum Gasteiger partial charge on any atom is 0.227 e. The molecule has 23 heavy (non-hydrogen) atoms. The standard InChI is InChI=1S/C18H27N3O2/c1-2-23-17-9-4-3-8-16(17)20-10-12-21(13-11-20)18(22)14-6-5-7-15(14)19/h3-4,8-9,14-15H,2,5-7,10-13,19H2,1H3/t14-,15-/m1/s1.